The van der Waals surface area contributed by atoms with Crippen molar-refractivity contribution in [3.8, 4) is 61.3 Å². The summed E-state index contributed by atoms with van der Waals surface area (Å²) in [6.45, 7) is 0. The molecule has 262 valence electrons. The predicted octanol–water partition coefficient (Wildman–Crippen LogP) is 15.5. The molecule has 0 N–H and O–H groups in total. The van der Waals surface area contributed by atoms with Crippen LogP contribution in [0.15, 0.2) is 212 Å². The quantitative estimate of drug-likeness (QED) is 0.161. The number of aromatic nitrogens is 1. The van der Waals surface area contributed by atoms with E-state index in [9.17, 15) is 0 Å². The number of hydrogen-bond donors (Lipinski definition) is 0. The first kappa shape index (κ1) is 32.4. The molecule has 56 heavy (non-hydrogen) atoms. The van der Waals surface area contributed by atoms with Gasteiger partial charge in [-0.3, -0.25) is 0 Å². The molecule has 0 aliphatic carbocycles. The third-order valence-electron chi connectivity index (χ3n) is 11.2. The van der Waals surface area contributed by atoms with Crippen LogP contribution in [0.4, 0.5) is 0 Å². The Labute approximate surface area is 330 Å². The Hall–Kier alpha value is -7.00. The highest BCUT2D eigenvalue weighted by atomic mass is 32.1. The van der Waals surface area contributed by atoms with Crippen molar-refractivity contribution in [1.82, 2.24) is 4.57 Å². The smallest absolute Gasteiger partial charge is 0.0541 e. The number of benzene rings is 9. The van der Waals surface area contributed by atoms with Gasteiger partial charge in [0.05, 0.1) is 11.0 Å². The van der Waals surface area contributed by atoms with E-state index in [1.807, 2.05) is 11.3 Å². The molecule has 11 aromatic rings. The highest BCUT2D eigenvalue weighted by molar-refractivity contribution is 7.25. The van der Waals surface area contributed by atoms with E-state index in [0.29, 0.717) is 0 Å². The van der Waals surface area contributed by atoms with Gasteiger partial charge in [-0.15, -0.1) is 11.3 Å². The van der Waals surface area contributed by atoms with Crippen molar-refractivity contribution in [2.45, 2.75) is 0 Å². The van der Waals surface area contributed by atoms with Crippen LogP contribution >= 0.6 is 11.3 Å². The fourth-order valence-electron chi connectivity index (χ4n) is 8.41. The maximum atomic E-state index is 2.41. The van der Waals surface area contributed by atoms with Crippen LogP contribution in [0.3, 0.4) is 0 Å². The summed E-state index contributed by atoms with van der Waals surface area (Å²) in [5.41, 5.74) is 15.7. The first-order valence-corrected chi connectivity index (χ1v) is 20.0. The molecule has 2 heteroatoms. The Morgan fingerprint density at radius 1 is 0.250 bits per heavy atom. The molecule has 0 atom stereocenters. The van der Waals surface area contributed by atoms with Crippen molar-refractivity contribution < 1.29 is 0 Å². The largest absolute Gasteiger partial charge is 0.309 e. The van der Waals surface area contributed by atoms with Crippen LogP contribution in [0.5, 0.6) is 0 Å². The monoisotopic (exact) mass is 729 g/mol. The Balaban J connectivity index is 1.11. The Morgan fingerprint density at radius 3 is 1.27 bits per heavy atom. The summed E-state index contributed by atoms with van der Waals surface area (Å²) in [6.07, 6.45) is 0. The number of para-hydroxylation sites is 2. The Bertz CT molecular complexity index is 3230. The molecule has 0 amide bonds. The molecule has 2 heterocycles. The summed E-state index contributed by atoms with van der Waals surface area (Å²) in [5.74, 6) is 0. The van der Waals surface area contributed by atoms with E-state index in [2.05, 4.69) is 217 Å². The SMILES string of the molecule is c1ccc(-c2cccc(-c3cc(-c4ccc5sc6ccc(-c7ccccc7)cc6c5c4)cc(-c4ccc5c(c4)c4ccccc4n5-c4ccccc4)c3)c2)cc1. The molecule has 0 aliphatic rings. The lowest BCUT2D eigenvalue weighted by atomic mass is 9.91. The Kier molecular flexibility index (Phi) is 7.75. The van der Waals surface area contributed by atoms with Crippen molar-refractivity contribution in [3.63, 3.8) is 0 Å². The van der Waals surface area contributed by atoms with Gasteiger partial charge in [-0.05, 0) is 134 Å². The molecule has 0 saturated heterocycles. The molecule has 1 nitrogen and oxygen atoms in total. The van der Waals surface area contributed by atoms with Gasteiger partial charge < -0.3 is 4.57 Å². The maximum absolute atomic E-state index is 2.41. The topological polar surface area (TPSA) is 4.93 Å². The first-order chi connectivity index (χ1) is 27.7. The molecule has 0 spiro atoms. The highest BCUT2D eigenvalue weighted by Gasteiger charge is 2.16. The molecular formula is C54H35NS. The first-order valence-electron chi connectivity index (χ1n) is 19.2. The van der Waals surface area contributed by atoms with E-state index in [1.54, 1.807) is 0 Å². The predicted molar refractivity (Wildman–Crippen MR) is 241 cm³/mol. The normalized spacial score (nSPS) is 11.6. The van der Waals surface area contributed by atoms with Crippen molar-refractivity contribution in [2.24, 2.45) is 0 Å². The minimum atomic E-state index is 1.17. The summed E-state index contributed by atoms with van der Waals surface area (Å²) in [5, 5.41) is 5.11. The van der Waals surface area contributed by atoms with Gasteiger partial charge in [0.2, 0.25) is 0 Å². The standard InChI is InChI=1S/C54H35NS/c1-4-13-36(14-5-1)38-17-12-18-39(29-38)43-30-44(41-23-26-52-48(33-41)47-21-10-11-22-51(47)55(52)46-19-8-3-9-20-46)32-45(31-43)42-25-28-54-50(35-42)49-34-40(24-27-53(49)56-54)37-15-6-2-7-16-37/h1-35H. The minimum Gasteiger partial charge on any atom is -0.309 e. The lowest BCUT2D eigenvalue weighted by Gasteiger charge is -2.13. The maximum Gasteiger partial charge on any atom is 0.0541 e. The zero-order chi connectivity index (χ0) is 37.0. The Morgan fingerprint density at radius 2 is 0.661 bits per heavy atom. The zero-order valence-electron chi connectivity index (χ0n) is 30.6. The lowest BCUT2D eigenvalue weighted by molar-refractivity contribution is 1.18. The van der Waals surface area contributed by atoms with Gasteiger partial charge in [-0.1, -0.05) is 133 Å². The number of rotatable bonds is 6. The molecule has 11 rings (SSSR count). The van der Waals surface area contributed by atoms with Crippen LogP contribution in [0.2, 0.25) is 0 Å². The van der Waals surface area contributed by atoms with Crippen LogP contribution in [0.25, 0.3) is 103 Å². The molecule has 0 saturated carbocycles. The van der Waals surface area contributed by atoms with E-state index in [1.165, 1.54) is 103 Å². The summed E-state index contributed by atoms with van der Waals surface area (Å²) >= 11 is 1.87. The average molecular weight is 730 g/mol. The second kappa shape index (κ2) is 13.4. The van der Waals surface area contributed by atoms with E-state index in [0.717, 1.165) is 0 Å². The van der Waals surface area contributed by atoms with Crippen LogP contribution in [-0.4, -0.2) is 4.57 Å². The highest BCUT2D eigenvalue weighted by Crippen LogP contribution is 2.41. The van der Waals surface area contributed by atoms with Gasteiger partial charge in [0.1, 0.15) is 0 Å². The van der Waals surface area contributed by atoms with Crippen molar-refractivity contribution in [1.29, 1.82) is 0 Å². The second-order valence-electron chi connectivity index (χ2n) is 14.6. The zero-order valence-corrected chi connectivity index (χ0v) is 31.4. The van der Waals surface area contributed by atoms with Gasteiger partial charge in [0, 0.05) is 36.6 Å². The molecule has 0 fully saturated rings. The number of hydrogen-bond acceptors (Lipinski definition) is 1. The van der Waals surface area contributed by atoms with E-state index >= 15 is 0 Å². The third-order valence-corrected chi connectivity index (χ3v) is 12.3. The second-order valence-corrected chi connectivity index (χ2v) is 15.6. The molecule has 2 aromatic heterocycles. The van der Waals surface area contributed by atoms with Gasteiger partial charge >= 0.3 is 0 Å². The number of nitrogens with zero attached hydrogens (tertiary/aromatic N) is 1. The lowest BCUT2D eigenvalue weighted by Crippen LogP contribution is -1.93. The number of thiophene rings is 1. The minimum absolute atomic E-state index is 1.17. The van der Waals surface area contributed by atoms with Gasteiger partial charge in [-0.25, -0.2) is 0 Å². The van der Waals surface area contributed by atoms with E-state index in [-0.39, 0.29) is 0 Å². The molecule has 0 bridgehead atoms. The van der Waals surface area contributed by atoms with Gasteiger partial charge in [-0.2, -0.15) is 0 Å². The van der Waals surface area contributed by atoms with Crippen molar-refractivity contribution >= 4 is 53.3 Å². The molecule has 0 unspecified atom stereocenters. The van der Waals surface area contributed by atoms with Crippen LogP contribution in [0, 0.1) is 0 Å². The third kappa shape index (κ3) is 5.62. The van der Waals surface area contributed by atoms with E-state index < -0.39 is 0 Å². The van der Waals surface area contributed by atoms with Crippen LogP contribution in [-0.2, 0) is 0 Å². The summed E-state index contributed by atoms with van der Waals surface area (Å²) in [6, 6.07) is 77.8. The van der Waals surface area contributed by atoms with Crippen LogP contribution in [0.1, 0.15) is 0 Å². The summed E-state index contributed by atoms with van der Waals surface area (Å²) in [7, 11) is 0. The van der Waals surface area contributed by atoms with Gasteiger partial charge in [0.15, 0.2) is 0 Å². The molecule has 0 radical (unpaired) electrons. The molecular weight excluding hydrogens is 695 g/mol. The van der Waals surface area contributed by atoms with Gasteiger partial charge in [0.25, 0.3) is 0 Å². The fourth-order valence-corrected chi connectivity index (χ4v) is 9.48. The average Bonchev–Trinajstić information content (AvgIpc) is 3.82. The molecule has 9 aromatic carbocycles. The van der Waals surface area contributed by atoms with Crippen molar-refractivity contribution in [3.05, 3.63) is 212 Å². The van der Waals surface area contributed by atoms with E-state index in [4.69, 9.17) is 0 Å². The van der Waals surface area contributed by atoms with Crippen molar-refractivity contribution in [2.75, 3.05) is 0 Å². The number of fused-ring (bicyclic) bond motifs is 6. The summed E-state index contributed by atoms with van der Waals surface area (Å²) < 4.78 is 5.00. The van der Waals surface area contributed by atoms with Crippen LogP contribution < -0.4 is 0 Å². The summed E-state index contributed by atoms with van der Waals surface area (Å²) in [4.78, 5) is 0. The fraction of sp³-hybridized carbons (Fsp3) is 0. The molecule has 0 aliphatic heterocycles.